The maximum absolute atomic E-state index is 10.4. The van der Waals surface area contributed by atoms with Gasteiger partial charge in [0.15, 0.2) is 0 Å². The van der Waals surface area contributed by atoms with Crippen molar-refractivity contribution in [1.29, 1.82) is 0 Å². The van der Waals surface area contributed by atoms with Crippen LogP contribution in [0.4, 0.5) is 0 Å². The Balaban J connectivity index is 2.17. The van der Waals surface area contributed by atoms with Gasteiger partial charge in [0.05, 0.1) is 5.60 Å². The third-order valence-electron chi connectivity index (χ3n) is 2.85. The highest BCUT2D eigenvalue weighted by Gasteiger charge is 2.32. The Kier molecular flexibility index (Phi) is 3.09. The quantitative estimate of drug-likeness (QED) is 0.636. The molecule has 0 bridgehead atoms. The Morgan fingerprint density at radius 2 is 1.71 bits per heavy atom. The second-order valence-electron chi connectivity index (χ2n) is 3.81. The fraction of sp³-hybridized carbons (Fsp3) is 0.455. The zero-order valence-electron chi connectivity index (χ0n) is 7.99. The average molecular weight is 303 g/mol. The SMILES string of the molecule is OC1(c2ccccc2)CCN(I)CC1. The molecule has 1 saturated heterocycles. The summed E-state index contributed by atoms with van der Waals surface area (Å²) in [6, 6.07) is 10.00. The summed E-state index contributed by atoms with van der Waals surface area (Å²) in [6.07, 6.45) is 1.67. The lowest BCUT2D eigenvalue weighted by Gasteiger charge is -2.35. The molecule has 14 heavy (non-hydrogen) atoms. The molecule has 0 aromatic heterocycles. The molecule has 0 radical (unpaired) electrons. The van der Waals surface area contributed by atoms with Gasteiger partial charge in [0.1, 0.15) is 0 Å². The molecule has 0 aliphatic carbocycles. The van der Waals surface area contributed by atoms with Crippen LogP contribution in [0.1, 0.15) is 18.4 Å². The summed E-state index contributed by atoms with van der Waals surface area (Å²) in [5, 5.41) is 10.4. The Morgan fingerprint density at radius 3 is 2.29 bits per heavy atom. The molecule has 1 aromatic rings. The first-order valence-electron chi connectivity index (χ1n) is 4.89. The highest BCUT2D eigenvalue weighted by Crippen LogP contribution is 2.33. The summed E-state index contributed by atoms with van der Waals surface area (Å²) in [5.41, 5.74) is 0.465. The van der Waals surface area contributed by atoms with Crippen molar-refractivity contribution in [3.05, 3.63) is 35.9 Å². The summed E-state index contributed by atoms with van der Waals surface area (Å²) in [4.78, 5) is 0. The van der Waals surface area contributed by atoms with Crippen molar-refractivity contribution in [1.82, 2.24) is 3.11 Å². The standard InChI is InChI=1S/C11H14INO/c12-13-8-6-11(14,7-9-13)10-4-2-1-3-5-10/h1-5,14H,6-9H2. The zero-order valence-corrected chi connectivity index (χ0v) is 10.1. The molecule has 1 heterocycles. The topological polar surface area (TPSA) is 23.5 Å². The van der Waals surface area contributed by atoms with Gasteiger partial charge in [-0.3, -0.25) is 0 Å². The molecule has 1 aromatic carbocycles. The van der Waals surface area contributed by atoms with Gasteiger partial charge in [-0.25, -0.2) is 3.11 Å². The van der Waals surface area contributed by atoms with E-state index in [4.69, 9.17) is 0 Å². The van der Waals surface area contributed by atoms with Crippen LogP contribution in [0.2, 0.25) is 0 Å². The predicted molar refractivity (Wildman–Crippen MR) is 65.2 cm³/mol. The average Bonchev–Trinajstić information content (AvgIpc) is 2.24. The number of rotatable bonds is 1. The molecule has 0 atom stereocenters. The maximum atomic E-state index is 10.4. The molecule has 3 heteroatoms. The number of halogens is 1. The minimum atomic E-state index is -0.594. The zero-order chi connectivity index (χ0) is 10.0. The second kappa shape index (κ2) is 4.16. The third-order valence-corrected chi connectivity index (χ3v) is 3.81. The van der Waals surface area contributed by atoms with Gasteiger partial charge < -0.3 is 5.11 Å². The summed E-state index contributed by atoms with van der Waals surface area (Å²) in [6.45, 7) is 1.93. The number of hydrogen-bond donors (Lipinski definition) is 1. The van der Waals surface area contributed by atoms with E-state index in [9.17, 15) is 5.11 Å². The first-order valence-corrected chi connectivity index (χ1v) is 5.86. The van der Waals surface area contributed by atoms with E-state index in [0.29, 0.717) is 0 Å². The van der Waals surface area contributed by atoms with Crippen LogP contribution in [0.3, 0.4) is 0 Å². The van der Waals surface area contributed by atoms with Gasteiger partial charge in [0.2, 0.25) is 0 Å². The van der Waals surface area contributed by atoms with Crippen molar-refractivity contribution >= 4 is 22.9 Å². The monoisotopic (exact) mass is 303 g/mol. The fourth-order valence-corrected chi connectivity index (χ4v) is 2.37. The molecule has 2 nitrogen and oxygen atoms in total. The van der Waals surface area contributed by atoms with Crippen LogP contribution >= 0.6 is 22.9 Å². The molecule has 1 aliphatic heterocycles. The van der Waals surface area contributed by atoms with E-state index in [1.807, 2.05) is 30.3 Å². The Morgan fingerprint density at radius 1 is 1.14 bits per heavy atom. The van der Waals surface area contributed by atoms with Crippen molar-refractivity contribution in [2.24, 2.45) is 0 Å². The van der Waals surface area contributed by atoms with Gasteiger partial charge in [0.25, 0.3) is 0 Å². The second-order valence-corrected chi connectivity index (χ2v) is 5.17. The third kappa shape index (κ3) is 2.10. The summed E-state index contributed by atoms with van der Waals surface area (Å²) in [7, 11) is 0. The fourth-order valence-electron chi connectivity index (χ4n) is 1.89. The first kappa shape index (κ1) is 10.4. The van der Waals surface area contributed by atoms with E-state index >= 15 is 0 Å². The lowest BCUT2D eigenvalue weighted by Crippen LogP contribution is -2.38. The molecule has 76 valence electrons. The van der Waals surface area contributed by atoms with Crippen LogP contribution in [-0.4, -0.2) is 21.3 Å². The van der Waals surface area contributed by atoms with E-state index < -0.39 is 5.60 Å². The minimum absolute atomic E-state index is 0.594. The van der Waals surface area contributed by atoms with Crippen LogP contribution < -0.4 is 0 Å². The van der Waals surface area contributed by atoms with Gasteiger partial charge in [-0.2, -0.15) is 0 Å². The van der Waals surface area contributed by atoms with Crippen molar-refractivity contribution < 1.29 is 5.11 Å². The van der Waals surface area contributed by atoms with E-state index in [1.54, 1.807) is 0 Å². The number of hydrogen-bond acceptors (Lipinski definition) is 2. The summed E-state index contributed by atoms with van der Waals surface area (Å²) in [5.74, 6) is 0. The summed E-state index contributed by atoms with van der Waals surface area (Å²) < 4.78 is 2.23. The maximum Gasteiger partial charge on any atom is 0.0921 e. The Bertz CT molecular complexity index is 293. The molecule has 0 amide bonds. The van der Waals surface area contributed by atoms with Crippen LogP contribution in [0, 0.1) is 0 Å². The van der Waals surface area contributed by atoms with E-state index in [-0.39, 0.29) is 0 Å². The van der Waals surface area contributed by atoms with E-state index in [1.165, 1.54) is 0 Å². The largest absolute Gasteiger partial charge is 0.385 e. The summed E-state index contributed by atoms with van der Waals surface area (Å²) >= 11 is 2.32. The van der Waals surface area contributed by atoms with Gasteiger partial charge in [-0.15, -0.1) is 0 Å². The molecule has 0 spiro atoms. The molecule has 1 N–H and O–H groups in total. The number of nitrogens with zero attached hydrogens (tertiary/aromatic N) is 1. The van der Waals surface area contributed by atoms with Crippen LogP contribution in [0.25, 0.3) is 0 Å². The predicted octanol–water partition coefficient (Wildman–Crippen LogP) is 2.32. The van der Waals surface area contributed by atoms with Crippen molar-refractivity contribution in [2.45, 2.75) is 18.4 Å². The van der Waals surface area contributed by atoms with Crippen molar-refractivity contribution in [3.63, 3.8) is 0 Å². The molecule has 0 unspecified atom stereocenters. The van der Waals surface area contributed by atoms with Gasteiger partial charge in [-0.1, -0.05) is 30.3 Å². The smallest absolute Gasteiger partial charge is 0.0921 e. The van der Waals surface area contributed by atoms with Crippen molar-refractivity contribution in [3.8, 4) is 0 Å². The Labute approximate surface area is 98.4 Å². The highest BCUT2D eigenvalue weighted by atomic mass is 127. The van der Waals surface area contributed by atoms with Gasteiger partial charge in [0, 0.05) is 36.0 Å². The van der Waals surface area contributed by atoms with Gasteiger partial charge >= 0.3 is 0 Å². The molecule has 1 aliphatic rings. The van der Waals surface area contributed by atoms with Crippen LogP contribution in [-0.2, 0) is 5.60 Å². The van der Waals surface area contributed by atoms with Gasteiger partial charge in [-0.05, 0) is 18.4 Å². The number of benzene rings is 1. The molecule has 2 rings (SSSR count). The molecular formula is C11H14INO. The van der Waals surface area contributed by atoms with E-state index in [2.05, 4.69) is 26.0 Å². The minimum Gasteiger partial charge on any atom is -0.385 e. The van der Waals surface area contributed by atoms with Crippen LogP contribution in [0.5, 0.6) is 0 Å². The lowest BCUT2D eigenvalue weighted by atomic mass is 9.85. The van der Waals surface area contributed by atoms with E-state index in [0.717, 1.165) is 31.5 Å². The van der Waals surface area contributed by atoms with Crippen molar-refractivity contribution in [2.75, 3.05) is 13.1 Å². The Hall–Kier alpha value is -0.130. The number of piperidine rings is 1. The molecular weight excluding hydrogens is 289 g/mol. The first-order chi connectivity index (χ1) is 6.71. The normalized spacial score (nSPS) is 22.1. The molecule has 0 saturated carbocycles. The highest BCUT2D eigenvalue weighted by molar-refractivity contribution is 14.1. The number of aliphatic hydroxyl groups is 1. The molecule has 1 fully saturated rings. The lowest BCUT2D eigenvalue weighted by molar-refractivity contribution is -0.00524. The van der Waals surface area contributed by atoms with Crippen LogP contribution in [0.15, 0.2) is 30.3 Å².